The predicted molar refractivity (Wildman–Crippen MR) is 152 cm³/mol. The molecule has 1 heterocycles. The SMILES string of the molecule is [C-]#[N+]C1=C(c2cc(F)c([N+]#[C-])cc2F)/C(=C(/C#N)[N+]#[C-])c2cc3c(cc21)C(C#N)=C(c1ccc(F)nc1C#N)/C3=C(\C#N)[N+]#[C-]. The van der Waals surface area contributed by atoms with E-state index in [1.807, 2.05) is 6.07 Å². The molecule has 12 heteroatoms. The fourth-order valence-corrected chi connectivity index (χ4v) is 5.26. The van der Waals surface area contributed by atoms with Gasteiger partial charge in [-0.05, 0) is 63.7 Å². The highest BCUT2D eigenvalue weighted by molar-refractivity contribution is 6.29. The van der Waals surface area contributed by atoms with Crippen LogP contribution in [0, 0.1) is 89.2 Å². The maximum absolute atomic E-state index is 15.4. The van der Waals surface area contributed by atoms with Crippen molar-refractivity contribution < 1.29 is 13.2 Å². The molecule has 0 unspecified atom stereocenters. The molecule has 204 valence electrons. The number of nitrogens with zero attached hydrogens (tertiary/aromatic N) is 9. The van der Waals surface area contributed by atoms with Gasteiger partial charge >= 0.3 is 0 Å². The van der Waals surface area contributed by atoms with Gasteiger partial charge in [-0.3, -0.25) is 0 Å². The van der Waals surface area contributed by atoms with E-state index in [4.69, 9.17) is 26.3 Å². The Bertz CT molecular complexity index is 2410. The Balaban J connectivity index is 1.97. The van der Waals surface area contributed by atoms with E-state index in [1.165, 1.54) is 12.1 Å². The molecule has 0 atom stereocenters. The largest absolute Gasteiger partial charge is 0.270 e. The zero-order valence-electron chi connectivity index (χ0n) is 22.1. The van der Waals surface area contributed by atoms with Crippen molar-refractivity contribution in [2.45, 2.75) is 0 Å². The number of allylic oxidation sites excluding steroid dienone is 7. The third-order valence-electron chi connectivity index (χ3n) is 7.00. The summed E-state index contributed by atoms with van der Waals surface area (Å²) in [6, 6.07) is 13.2. The summed E-state index contributed by atoms with van der Waals surface area (Å²) in [5, 5.41) is 39.7. The summed E-state index contributed by atoms with van der Waals surface area (Å²) < 4.78 is 44.1. The Morgan fingerprint density at radius 2 is 1.27 bits per heavy atom. The third-order valence-corrected chi connectivity index (χ3v) is 7.00. The van der Waals surface area contributed by atoms with Crippen molar-refractivity contribution >= 4 is 39.2 Å². The average Bonchev–Trinajstić information content (AvgIpc) is 3.53. The molecule has 0 fully saturated rings. The van der Waals surface area contributed by atoms with Gasteiger partial charge in [-0.1, -0.05) is 6.07 Å². The summed E-state index contributed by atoms with van der Waals surface area (Å²) in [6.07, 6.45) is 0. The first-order chi connectivity index (χ1) is 21.7. The van der Waals surface area contributed by atoms with Crippen LogP contribution in [0.1, 0.15) is 39.1 Å². The van der Waals surface area contributed by atoms with Crippen molar-refractivity contribution in [3.05, 3.63) is 150 Å². The first-order valence-electron chi connectivity index (χ1n) is 12.2. The molecular formula is C33H6F3N9. The second-order valence-electron chi connectivity index (χ2n) is 9.07. The van der Waals surface area contributed by atoms with Gasteiger partial charge in [0.1, 0.15) is 23.8 Å². The number of aromatic nitrogens is 1. The van der Waals surface area contributed by atoms with E-state index in [0.29, 0.717) is 12.1 Å². The lowest BCUT2D eigenvalue weighted by Gasteiger charge is -2.13. The van der Waals surface area contributed by atoms with Gasteiger partial charge in [-0.2, -0.15) is 14.9 Å². The van der Waals surface area contributed by atoms with Gasteiger partial charge < -0.3 is 0 Å². The molecule has 0 bridgehead atoms. The van der Waals surface area contributed by atoms with Gasteiger partial charge in [0.2, 0.25) is 17.3 Å². The highest BCUT2D eigenvalue weighted by Crippen LogP contribution is 2.55. The molecule has 1 aromatic heterocycles. The number of hydrogen-bond acceptors (Lipinski definition) is 5. The highest BCUT2D eigenvalue weighted by Gasteiger charge is 2.38. The monoisotopic (exact) mass is 585 g/mol. The lowest BCUT2D eigenvalue weighted by molar-refractivity contribution is 0.582. The van der Waals surface area contributed by atoms with Crippen molar-refractivity contribution in [3.63, 3.8) is 0 Å². The first kappa shape index (κ1) is 28.8. The molecule has 9 nitrogen and oxygen atoms in total. The Hall–Kier alpha value is -7.74. The Morgan fingerprint density at radius 3 is 1.82 bits per heavy atom. The zero-order chi connectivity index (χ0) is 32.6. The van der Waals surface area contributed by atoms with E-state index in [1.54, 1.807) is 18.2 Å². The van der Waals surface area contributed by atoms with Crippen LogP contribution in [-0.4, -0.2) is 4.98 Å². The van der Waals surface area contributed by atoms with Gasteiger partial charge in [-0.15, -0.1) is 0 Å². The minimum absolute atomic E-state index is 0.00686. The van der Waals surface area contributed by atoms with Gasteiger partial charge in [0.15, 0.2) is 5.69 Å². The number of halogens is 3. The second kappa shape index (κ2) is 10.9. The van der Waals surface area contributed by atoms with Crippen LogP contribution in [-0.2, 0) is 0 Å². The van der Waals surface area contributed by atoms with Gasteiger partial charge in [0, 0.05) is 22.3 Å². The lowest BCUT2D eigenvalue weighted by Crippen LogP contribution is -1.98. The molecule has 0 N–H and O–H groups in total. The summed E-state index contributed by atoms with van der Waals surface area (Å²) in [5.74, 6) is -3.21. The molecule has 0 spiro atoms. The van der Waals surface area contributed by atoms with Crippen LogP contribution < -0.4 is 0 Å². The summed E-state index contributed by atoms with van der Waals surface area (Å²) >= 11 is 0. The molecule has 5 rings (SSSR count). The van der Waals surface area contributed by atoms with E-state index < -0.39 is 45.9 Å². The van der Waals surface area contributed by atoms with Crippen LogP contribution in [0.25, 0.3) is 52.9 Å². The van der Waals surface area contributed by atoms with Gasteiger partial charge in [0.25, 0.3) is 11.4 Å². The van der Waals surface area contributed by atoms with Gasteiger partial charge in [0.05, 0.1) is 44.0 Å². The number of pyridine rings is 1. The molecule has 2 aliphatic rings. The van der Waals surface area contributed by atoms with Crippen LogP contribution in [0.2, 0.25) is 0 Å². The van der Waals surface area contributed by atoms with Crippen molar-refractivity contribution in [2.75, 3.05) is 0 Å². The van der Waals surface area contributed by atoms with Crippen LogP contribution in [0.4, 0.5) is 18.9 Å². The molecule has 0 amide bonds. The molecule has 2 aromatic carbocycles. The summed E-state index contributed by atoms with van der Waals surface area (Å²) in [5.41, 5.74) is -3.87. The zero-order valence-corrected chi connectivity index (χ0v) is 22.1. The predicted octanol–water partition coefficient (Wildman–Crippen LogP) is 7.48. The molecule has 0 saturated carbocycles. The van der Waals surface area contributed by atoms with E-state index in [2.05, 4.69) is 24.4 Å². The van der Waals surface area contributed by atoms with Crippen molar-refractivity contribution in [1.82, 2.24) is 4.98 Å². The van der Waals surface area contributed by atoms with Crippen LogP contribution in [0.15, 0.2) is 47.8 Å². The van der Waals surface area contributed by atoms with E-state index in [-0.39, 0.29) is 61.4 Å². The number of rotatable bonds is 2. The molecule has 0 radical (unpaired) electrons. The smallest absolute Gasteiger partial charge is 0.237 e. The maximum atomic E-state index is 15.4. The van der Waals surface area contributed by atoms with E-state index >= 15 is 4.39 Å². The molecule has 3 aromatic rings. The average molecular weight is 585 g/mol. The third kappa shape index (κ3) is 4.15. The summed E-state index contributed by atoms with van der Waals surface area (Å²) in [6.45, 7) is 30.3. The van der Waals surface area contributed by atoms with E-state index in [0.717, 1.165) is 12.1 Å². The Morgan fingerprint density at radius 1 is 0.644 bits per heavy atom. The maximum Gasteiger partial charge on any atom is 0.270 e. The van der Waals surface area contributed by atoms with Gasteiger partial charge in [-0.25, -0.2) is 43.7 Å². The fourth-order valence-electron chi connectivity index (χ4n) is 5.26. The summed E-state index contributed by atoms with van der Waals surface area (Å²) in [7, 11) is 0. The lowest BCUT2D eigenvalue weighted by atomic mass is 9.90. The minimum atomic E-state index is -1.11. The molecule has 45 heavy (non-hydrogen) atoms. The van der Waals surface area contributed by atoms with Crippen molar-refractivity contribution in [1.29, 1.82) is 21.0 Å². The van der Waals surface area contributed by atoms with Crippen LogP contribution >= 0.6 is 0 Å². The van der Waals surface area contributed by atoms with E-state index in [9.17, 15) is 29.8 Å². The van der Waals surface area contributed by atoms with Crippen molar-refractivity contribution in [3.8, 4) is 24.3 Å². The second-order valence-corrected chi connectivity index (χ2v) is 9.07. The molecule has 0 aliphatic heterocycles. The molecule has 0 saturated heterocycles. The molecule has 2 aliphatic carbocycles. The minimum Gasteiger partial charge on any atom is -0.237 e. The quantitative estimate of drug-likeness (QED) is 0.175. The molecular weight excluding hydrogens is 579 g/mol. The summed E-state index contributed by atoms with van der Waals surface area (Å²) in [4.78, 5) is 16.5. The number of benzene rings is 2. The van der Waals surface area contributed by atoms with Crippen LogP contribution in [0.5, 0.6) is 0 Å². The standard InChI is InChI=1S/C33H6F3N9/c1-41-24-10-22(34)20(9-23(24)35)32-31(27(14-40)43-3)18-8-17-16(7-19(18)33(32)44-4)21(11-37)29(30(17)26(13-39)42-2)15-5-6-28(36)45-25(15)12-38/h5-10H/b30-26+,31-27-. The van der Waals surface area contributed by atoms with Crippen molar-refractivity contribution in [2.24, 2.45) is 0 Å². The van der Waals surface area contributed by atoms with Crippen LogP contribution in [0.3, 0.4) is 0 Å². The topological polar surface area (TPSA) is 125 Å². The highest BCUT2D eigenvalue weighted by atomic mass is 19.1. The fraction of sp³-hybridized carbons (Fsp3) is 0. The number of hydrogen-bond donors (Lipinski definition) is 0. The Labute approximate surface area is 252 Å². The number of fused-ring (bicyclic) bond motifs is 2. The first-order valence-corrected chi connectivity index (χ1v) is 12.2. The normalized spacial score (nSPS) is 14.7. The number of nitriles is 4. The Kier molecular flexibility index (Phi) is 6.98.